The van der Waals surface area contributed by atoms with Gasteiger partial charge in [0, 0.05) is 31.5 Å². The van der Waals surface area contributed by atoms with Gasteiger partial charge in [-0.05, 0) is 49.7 Å². The molecule has 6 nitrogen and oxygen atoms in total. The predicted molar refractivity (Wildman–Crippen MR) is 118 cm³/mol. The summed E-state index contributed by atoms with van der Waals surface area (Å²) in [4.78, 5) is 10.7. The van der Waals surface area contributed by atoms with Crippen LogP contribution in [0.3, 0.4) is 0 Å². The lowest BCUT2D eigenvalue weighted by atomic mass is 10.1. The van der Waals surface area contributed by atoms with Crippen molar-refractivity contribution < 1.29 is 4.79 Å². The van der Waals surface area contributed by atoms with Crippen molar-refractivity contribution in [2.24, 2.45) is 0 Å². The molecular formula is C22H37N5O. The van der Waals surface area contributed by atoms with Crippen LogP contribution in [-0.4, -0.2) is 47.8 Å². The van der Waals surface area contributed by atoms with Crippen molar-refractivity contribution in [3.63, 3.8) is 0 Å². The average molecular weight is 388 g/mol. The molecule has 0 fully saturated rings. The molecule has 2 aromatic heterocycles. The van der Waals surface area contributed by atoms with Crippen LogP contribution >= 0.6 is 0 Å². The van der Waals surface area contributed by atoms with Crippen LogP contribution in [0.5, 0.6) is 0 Å². The molecule has 0 saturated heterocycles. The third-order valence-electron chi connectivity index (χ3n) is 4.55. The Kier molecular flexibility index (Phi) is 10.5. The molecule has 0 aromatic carbocycles. The van der Waals surface area contributed by atoms with Gasteiger partial charge in [-0.1, -0.05) is 34.3 Å². The van der Waals surface area contributed by atoms with Crippen molar-refractivity contribution in [3.05, 3.63) is 47.6 Å². The molecule has 2 rings (SSSR count). The van der Waals surface area contributed by atoms with E-state index in [1.165, 1.54) is 11.3 Å². The van der Waals surface area contributed by atoms with Gasteiger partial charge in [-0.15, -0.1) is 0 Å². The maximum absolute atomic E-state index is 10.7. The molecule has 0 bridgehead atoms. The smallest absolute Gasteiger partial charge is 0.168 e. The monoisotopic (exact) mass is 387 g/mol. The summed E-state index contributed by atoms with van der Waals surface area (Å²) in [5.41, 5.74) is 4.23. The van der Waals surface area contributed by atoms with E-state index in [4.69, 9.17) is 0 Å². The SMILES string of the molecule is C=Cc1cc(C(C)C)cn1CCNC.CNCCn1nc(C(C)C)cc1C=O. The van der Waals surface area contributed by atoms with Crippen molar-refractivity contribution >= 4 is 12.4 Å². The molecule has 0 atom stereocenters. The predicted octanol–water partition coefficient (Wildman–Crippen LogP) is 3.51. The van der Waals surface area contributed by atoms with Gasteiger partial charge in [0.05, 0.1) is 12.2 Å². The third-order valence-corrected chi connectivity index (χ3v) is 4.55. The van der Waals surface area contributed by atoms with Gasteiger partial charge in [0.2, 0.25) is 0 Å². The largest absolute Gasteiger partial charge is 0.346 e. The molecule has 0 unspecified atom stereocenters. The first-order valence-electron chi connectivity index (χ1n) is 10.0. The van der Waals surface area contributed by atoms with Gasteiger partial charge in [-0.2, -0.15) is 5.10 Å². The zero-order valence-electron chi connectivity index (χ0n) is 18.3. The second-order valence-electron chi connectivity index (χ2n) is 7.45. The number of rotatable bonds is 10. The zero-order chi connectivity index (χ0) is 21.1. The Bertz CT molecular complexity index is 665. The summed E-state index contributed by atoms with van der Waals surface area (Å²) in [7, 11) is 3.86. The summed E-state index contributed by atoms with van der Waals surface area (Å²) in [5.74, 6) is 0.953. The van der Waals surface area contributed by atoms with Crippen molar-refractivity contribution in [2.45, 2.75) is 52.6 Å². The molecule has 0 saturated carbocycles. The van der Waals surface area contributed by atoms with E-state index in [0.29, 0.717) is 17.5 Å². The van der Waals surface area contributed by atoms with Gasteiger partial charge in [-0.3, -0.25) is 9.48 Å². The first-order valence-corrected chi connectivity index (χ1v) is 10.0. The van der Waals surface area contributed by atoms with Crippen LogP contribution in [0.25, 0.3) is 6.08 Å². The quantitative estimate of drug-likeness (QED) is 0.612. The van der Waals surface area contributed by atoms with Gasteiger partial charge in [0.25, 0.3) is 0 Å². The number of aldehydes is 1. The van der Waals surface area contributed by atoms with Crippen molar-refractivity contribution in [2.75, 3.05) is 27.2 Å². The molecule has 156 valence electrons. The van der Waals surface area contributed by atoms with E-state index in [0.717, 1.165) is 38.2 Å². The van der Waals surface area contributed by atoms with E-state index >= 15 is 0 Å². The van der Waals surface area contributed by atoms with E-state index in [1.807, 2.05) is 26.2 Å². The number of aromatic nitrogens is 3. The summed E-state index contributed by atoms with van der Waals surface area (Å²) >= 11 is 0. The van der Waals surface area contributed by atoms with Crippen molar-refractivity contribution in [3.8, 4) is 0 Å². The number of carbonyl (C=O) groups excluding carboxylic acids is 1. The lowest BCUT2D eigenvalue weighted by Crippen LogP contribution is -2.17. The van der Waals surface area contributed by atoms with Crippen LogP contribution in [-0.2, 0) is 13.1 Å². The third kappa shape index (κ3) is 7.09. The molecule has 0 amide bonds. The summed E-state index contributed by atoms with van der Waals surface area (Å²) in [6.45, 7) is 15.9. The number of hydrogen-bond donors (Lipinski definition) is 2. The summed E-state index contributed by atoms with van der Waals surface area (Å²) < 4.78 is 4.00. The average Bonchev–Trinajstić information content (AvgIpc) is 3.29. The van der Waals surface area contributed by atoms with E-state index in [-0.39, 0.29) is 0 Å². The van der Waals surface area contributed by atoms with Gasteiger partial charge in [0.1, 0.15) is 5.69 Å². The molecular weight excluding hydrogens is 350 g/mol. The molecule has 2 heterocycles. The van der Waals surface area contributed by atoms with Gasteiger partial charge in [0.15, 0.2) is 6.29 Å². The molecule has 2 aromatic rings. The molecule has 0 aliphatic heterocycles. The summed E-state index contributed by atoms with van der Waals surface area (Å²) in [5, 5.41) is 10.5. The van der Waals surface area contributed by atoms with Crippen molar-refractivity contribution in [1.82, 2.24) is 25.0 Å². The maximum Gasteiger partial charge on any atom is 0.168 e. The standard InChI is InChI=1S/C12H20N2.C10H17N3O/c1-5-12-8-11(10(2)3)9-14(12)7-6-13-4;1-8(2)10-6-9(7-14)13(12-10)5-4-11-3/h5,8-10,13H,1,6-7H2,2-4H3;6-8,11H,4-5H2,1-3H3. The van der Waals surface area contributed by atoms with Crippen molar-refractivity contribution in [1.29, 1.82) is 0 Å². The number of likely N-dealkylation sites (N-methyl/N-ethyl adjacent to an activating group) is 2. The van der Waals surface area contributed by atoms with E-state index < -0.39 is 0 Å². The van der Waals surface area contributed by atoms with E-state index in [9.17, 15) is 4.79 Å². The van der Waals surface area contributed by atoms with Crippen LogP contribution in [0.1, 0.15) is 67.0 Å². The number of carbonyl (C=O) groups is 1. The van der Waals surface area contributed by atoms with Crippen LogP contribution in [0.2, 0.25) is 0 Å². The Morgan fingerprint density at radius 2 is 1.68 bits per heavy atom. The van der Waals surface area contributed by atoms with Crippen LogP contribution in [0.15, 0.2) is 24.9 Å². The highest BCUT2D eigenvalue weighted by atomic mass is 16.1. The number of nitrogens with zero attached hydrogens (tertiary/aromatic N) is 3. The van der Waals surface area contributed by atoms with Crippen LogP contribution in [0.4, 0.5) is 0 Å². The minimum atomic E-state index is 0.365. The van der Waals surface area contributed by atoms with Gasteiger partial charge < -0.3 is 15.2 Å². The first-order chi connectivity index (χ1) is 13.4. The summed E-state index contributed by atoms with van der Waals surface area (Å²) in [6.07, 6.45) is 5.00. The molecule has 0 aliphatic carbocycles. The maximum atomic E-state index is 10.7. The highest BCUT2D eigenvalue weighted by Crippen LogP contribution is 2.18. The second kappa shape index (κ2) is 12.3. The zero-order valence-corrected chi connectivity index (χ0v) is 18.3. The molecule has 28 heavy (non-hydrogen) atoms. The molecule has 6 heteroatoms. The number of nitrogens with one attached hydrogen (secondary N) is 2. The summed E-state index contributed by atoms with van der Waals surface area (Å²) in [6, 6.07) is 4.07. The first kappa shape index (κ1) is 23.9. The Labute approximate surface area is 170 Å². The molecule has 0 radical (unpaired) electrons. The Hall–Kier alpha value is -2.18. The molecule has 2 N–H and O–H groups in total. The highest BCUT2D eigenvalue weighted by molar-refractivity contribution is 5.72. The highest BCUT2D eigenvalue weighted by Gasteiger charge is 2.09. The fourth-order valence-corrected chi connectivity index (χ4v) is 2.69. The molecule has 0 spiro atoms. The minimum Gasteiger partial charge on any atom is -0.346 e. The lowest BCUT2D eigenvalue weighted by Gasteiger charge is -2.05. The van der Waals surface area contributed by atoms with E-state index in [1.54, 1.807) is 4.68 Å². The Morgan fingerprint density at radius 3 is 2.18 bits per heavy atom. The Morgan fingerprint density at radius 1 is 1.04 bits per heavy atom. The fraction of sp³-hybridized carbons (Fsp3) is 0.545. The lowest BCUT2D eigenvalue weighted by molar-refractivity contribution is 0.111. The number of hydrogen-bond acceptors (Lipinski definition) is 4. The molecule has 0 aliphatic rings. The van der Waals surface area contributed by atoms with Crippen LogP contribution < -0.4 is 10.6 Å². The normalized spacial score (nSPS) is 10.9. The van der Waals surface area contributed by atoms with E-state index in [2.05, 4.69) is 66.8 Å². The van der Waals surface area contributed by atoms with Crippen LogP contribution in [0, 0.1) is 0 Å². The Balaban J connectivity index is 0.000000280. The topological polar surface area (TPSA) is 63.9 Å². The fourth-order valence-electron chi connectivity index (χ4n) is 2.69. The minimum absolute atomic E-state index is 0.365. The van der Waals surface area contributed by atoms with Gasteiger partial charge in [-0.25, -0.2) is 0 Å². The van der Waals surface area contributed by atoms with Gasteiger partial charge >= 0.3 is 0 Å². The second-order valence-corrected chi connectivity index (χ2v) is 7.45.